The number of carbonyl (C=O) groups excluding carboxylic acids is 2. The van der Waals surface area contributed by atoms with Gasteiger partial charge in [0.05, 0.1) is 0 Å². The molecule has 0 saturated heterocycles. The van der Waals surface area contributed by atoms with Crippen molar-refractivity contribution in [3.63, 3.8) is 0 Å². The summed E-state index contributed by atoms with van der Waals surface area (Å²) in [7, 11) is 0. The van der Waals surface area contributed by atoms with Gasteiger partial charge in [0, 0.05) is 13.1 Å². The lowest BCUT2D eigenvalue weighted by atomic mass is 9.97. The molecule has 8 nitrogen and oxygen atoms in total. The van der Waals surface area contributed by atoms with Crippen LogP contribution in [-0.4, -0.2) is 47.9 Å². The van der Waals surface area contributed by atoms with Crippen molar-refractivity contribution in [2.45, 2.75) is 65.6 Å². The van der Waals surface area contributed by atoms with Crippen LogP contribution in [0.4, 0.5) is 0 Å². The van der Waals surface area contributed by atoms with Crippen molar-refractivity contribution in [3.05, 3.63) is 22.3 Å². The predicted molar refractivity (Wildman–Crippen MR) is 106 cm³/mol. The zero-order valence-corrected chi connectivity index (χ0v) is 17.5. The van der Waals surface area contributed by atoms with Crippen molar-refractivity contribution in [1.29, 1.82) is 10.8 Å². The van der Waals surface area contributed by atoms with Crippen LogP contribution in [0.1, 0.15) is 54.4 Å². The molecule has 0 spiro atoms. The lowest BCUT2D eigenvalue weighted by Crippen LogP contribution is -2.31. The standard InChI is InChI=1S/C20H30N4O4/c1-11-13(15(21)27-19(11,3)4)17(25)23-9-7-8-10-24-18(26)14-12(2)20(5,6)28-16(14)22/h21-22H,7-10H2,1-6H3,(H,23,25)(H,24,26). The molecule has 2 aliphatic rings. The number of ether oxygens (including phenoxy) is 2. The molecule has 0 saturated carbocycles. The van der Waals surface area contributed by atoms with Crippen molar-refractivity contribution in [2.24, 2.45) is 0 Å². The zero-order valence-electron chi connectivity index (χ0n) is 17.5. The molecule has 0 unspecified atom stereocenters. The molecule has 8 heteroatoms. The summed E-state index contributed by atoms with van der Waals surface area (Å²) in [5.74, 6) is -0.812. The summed E-state index contributed by atoms with van der Waals surface area (Å²) in [6, 6.07) is 0. The highest BCUT2D eigenvalue weighted by atomic mass is 16.5. The Labute approximate surface area is 165 Å². The zero-order chi connectivity index (χ0) is 21.3. The van der Waals surface area contributed by atoms with Crippen LogP contribution >= 0.6 is 0 Å². The average Bonchev–Trinajstić information content (AvgIpc) is 2.90. The minimum Gasteiger partial charge on any atom is -0.467 e. The van der Waals surface area contributed by atoms with Gasteiger partial charge in [-0.2, -0.15) is 0 Å². The van der Waals surface area contributed by atoms with E-state index in [2.05, 4.69) is 10.6 Å². The number of unbranched alkanes of at least 4 members (excludes halogenated alkanes) is 1. The van der Waals surface area contributed by atoms with Gasteiger partial charge in [0.2, 0.25) is 11.8 Å². The molecule has 0 aromatic rings. The monoisotopic (exact) mass is 390 g/mol. The van der Waals surface area contributed by atoms with E-state index >= 15 is 0 Å². The second-order valence-corrected chi connectivity index (χ2v) is 8.10. The Kier molecular flexibility index (Phi) is 6.01. The van der Waals surface area contributed by atoms with Crippen molar-refractivity contribution >= 4 is 23.6 Å². The molecule has 0 bridgehead atoms. The first-order valence-electron chi connectivity index (χ1n) is 9.43. The maximum atomic E-state index is 12.3. The molecule has 4 N–H and O–H groups in total. The first-order chi connectivity index (χ1) is 12.9. The van der Waals surface area contributed by atoms with E-state index in [1.54, 1.807) is 13.8 Å². The molecule has 2 rings (SSSR count). The minimum absolute atomic E-state index is 0.0972. The summed E-state index contributed by atoms with van der Waals surface area (Å²) >= 11 is 0. The van der Waals surface area contributed by atoms with Crippen LogP contribution in [0.25, 0.3) is 0 Å². The van der Waals surface area contributed by atoms with Gasteiger partial charge in [-0.25, -0.2) is 0 Å². The summed E-state index contributed by atoms with van der Waals surface area (Å²) in [5.41, 5.74) is 0.816. The highest BCUT2D eigenvalue weighted by Crippen LogP contribution is 2.32. The molecule has 2 aliphatic heterocycles. The number of amides is 2. The van der Waals surface area contributed by atoms with Gasteiger partial charge in [0.25, 0.3) is 11.8 Å². The van der Waals surface area contributed by atoms with Crippen LogP contribution in [0.15, 0.2) is 22.3 Å². The van der Waals surface area contributed by atoms with Crippen molar-refractivity contribution in [1.82, 2.24) is 10.6 Å². The summed E-state index contributed by atoms with van der Waals surface area (Å²) in [6.07, 6.45) is 1.35. The summed E-state index contributed by atoms with van der Waals surface area (Å²) in [4.78, 5) is 24.6. The summed E-state index contributed by atoms with van der Waals surface area (Å²) in [5, 5.41) is 21.3. The molecule has 2 amide bonds. The highest BCUT2D eigenvalue weighted by Gasteiger charge is 2.39. The lowest BCUT2D eigenvalue weighted by Gasteiger charge is -2.18. The van der Waals surface area contributed by atoms with E-state index in [1.165, 1.54) is 0 Å². The fraction of sp³-hybridized carbons (Fsp3) is 0.600. The molecular formula is C20H30N4O4. The normalized spacial score (nSPS) is 20.2. The average molecular weight is 390 g/mol. The van der Waals surface area contributed by atoms with Gasteiger partial charge >= 0.3 is 0 Å². The first-order valence-corrected chi connectivity index (χ1v) is 9.43. The molecule has 0 fully saturated rings. The third-order valence-electron chi connectivity index (χ3n) is 5.35. The minimum atomic E-state index is -0.632. The molecule has 0 aliphatic carbocycles. The van der Waals surface area contributed by atoms with E-state index < -0.39 is 11.2 Å². The number of carbonyl (C=O) groups is 2. The van der Waals surface area contributed by atoms with E-state index in [0.29, 0.717) is 37.1 Å². The van der Waals surface area contributed by atoms with Gasteiger partial charge < -0.3 is 20.1 Å². The Morgan fingerprint density at radius 1 is 0.786 bits per heavy atom. The highest BCUT2D eigenvalue weighted by molar-refractivity contribution is 6.20. The van der Waals surface area contributed by atoms with Crippen LogP contribution in [0.2, 0.25) is 0 Å². The number of rotatable bonds is 7. The second-order valence-electron chi connectivity index (χ2n) is 8.10. The Morgan fingerprint density at radius 2 is 1.11 bits per heavy atom. The third kappa shape index (κ3) is 4.26. The van der Waals surface area contributed by atoms with Crippen LogP contribution in [-0.2, 0) is 19.1 Å². The Hall–Kier alpha value is -2.64. The molecule has 2 heterocycles. The molecule has 0 aromatic carbocycles. The maximum absolute atomic E-state index is 12.3. The van der Waals surface area contributed by atoms with Gasteiger partial charge in [-0.3, -0.25) is 20.4 Å². The summed E-state index contributed by atoms with van der Waals surface area (Å²) < 4.78 is 10.8. The van der Waals surface area contributed by atoms with E-state index in [9.17, 15) is 9.59 Å². The van der Waals surface area contributed by atoms with Gasteiger partial charge in [-0.1, -0.05) is 0 Å². The summed E-state index contributed by atoms with van der Waals surface area (Å²) in [6.45, 7) is 11.8. The van der Waals surface area contributed by atoms with Gasteiger partial charge in [-0.15, -0.1) is 0 Å². The van der Waals surface area contributed by atoms with Crippen molar-refractivity contribution in [3.8, 4) is 0 Å². The third-order valence-corrected chi connectivity index (χ3v) is 5.35. The van der Waals surface area contributed by atoms with Crippen LogP contribution in [0.3, 0.4) is 0 Å². The molecule has 0 atom stereocenters. The van der Waals surface area contributed by atoms with Crippen LogP contribution < -0.4 is 10.6 Å². The lowest BCUT2D eigenvalue weighted by molar-refractivity contribution is -0.118. The molecule has 28 heavy (non-hydrogen) atoms. The predicted octanol–water partition coefficient (Wildman–Crippen LogP) is 2.20. The first kappa shape index (κ1) is 21.7. The van der Waals surface area contributed by atoms with Crippen molar-refractivity contribution in [2.75, 3.05) is 13.1 Å². The Bertz CT molecular complexity index is 724. The SMILES string of the molecule is CC1=C(C(=O)NCCCCNC(=O)C2=C(C)C(C)(C)OC2=N)C(=N)OC1(C)C. The molecular weight excluding hydrogens is 360 g/mol. The Balaban J connectivity index is 1.75. The van der Waals surface area contributed by atoms with Gasteiger partial charge in [0.1, 0.15) is 22.3 Å². The molecule has 0 aromatic heterocycles. The van der Waals surface area contributed by atoms with Crippen molar-refractivity contribution < 1.29 is 19.1 Å². The van der Waals surface area contributed by atoms with Crippen LogP contribution in [0.5, 0.6) is 0 Å². The van der Waals surface area contributed by atoms with E-state index in [0.717, 1.165) is 11.1 Å². The maximum Gasteiger partial charge on any atom is 0.256 e. The quantitative estimate of drug-likeness (QED) is 0.497. The number of nitrogens with one attached hydrogen (secondary N) is 4. The van der Waals surface area contributed by atoms with Gasteiger partial charge in [0.15, 0.2) is 0 Å². The van der Waals surface area contributed by atoms with Gasteiger partial charge in [-0.05, 0) is 65.5 Å². The molecule has 0 radical (unpaired) electrons. The van der Waals surface area contributed by atoms with E-state index in [1.807, 2.05) is 27.7 Å². The fourth-order valence-corrected chi connectivity index (χ4v) is 3.09. The topological polar surface area (TPSA) is 124 Å². The Morgan fingerprint density at radius 3 is 1.36 bits per heavy atom. The number of hydrogen-bond donors (Lipinski definition) is 4. The number of hydrogen-bond acceptors (Lipinski definition) is 6. The fourth-order valence-electron chi connectivity index (χ4n) is 3.09. The van der Waals surface area contributed by atoms with E-state index in [4.69, 9.17) is 20.3 Å². The largest absolute Gasteiger partial charge is 0.467 e. The van der Waals surface area contributed by atoms with E-state index in [-0.39, 0.29) is 23.6 Å². The second kappa shape index (κ2) is 7.77. The van der Waals surface area contributed by atoms with Crippen LogP contribution in [0, 0.1) is 10.8 Å². The molecule has 154 valence electrons. The smallest absolute Gasteiger partial charge is 0.256 e.